The van der Waals surface area contributed by atoms with Crippen molar-refractivity contribution in [1.29, 1.82) is 0 Å². The zero-order chi connectivity index (χ0) is 15.5. The van der Waals surface area contributed by atoms with Crippen LogP contribution in [0.25, 0.3) is 0 Å². The molecule has 1 atom stereocenters. The van der Waals surface area contributed by atoms with Gasteiger partial charge in [0.1, 0.15) is 0 Å². The smallest absolute Gasteiger partial charge is 0.227 e. The molecule has 0 aliphatic carbocycles. The fraction of sp³-hybridized carbons (Fsp3) is 0.438. The van der Waals surface area contributed by atoms with Crippen molar-refractivity contribution in [3.05, 3.63) is 41.3 Å². The lowest BCUT2D eigenvalue weighted by Crippen LogP contribution is -2.41. The second kappa shape index (κ2) is 6.43. The Balaban J connectivity index is 2.29. The van der Waals surface area contributed by atoms with Gasteiger partial charge in [-0.05, 0) is 31.6 Å². The first-order valence-electron chi connectivity index (χ1n) is 7.22. The molecule has 1 aromatic rings. The second-order valence-corrected chi connectivity index (χ2v) is 7.36. The minimum Gasteiger partial charge on any atom is -0.304 e. The van der Waals surface area contributed by atoms with Crippen molar-refractivity contribution in [2.45, 2.75) is 39.2 Å². The average molecular weight is 307 g/mol. The molecule has 0 N–H and O–H groups in total. The Kier molecular flexibility index (Phi) is 4.83. The molecule has 1 aliphatic heterocycles. The highest BCUT2D eigenvalue weighted by Crippen LogP contribution is 2.24. The SMILES string of the molecule is CCCCC(=O)N(c1ccc(C)cc1)[C@H]1C=CS(=O)(=O)C1. The van der Waals surface area contributed by atoms with Crippen molar-refractivity contribution in [2.75, 3.05) is 10.7 Å². The highest BCUT2D eigenvalue weighted by Gasteiger charge is 2.30. The third kappa shape index (κ3) is 3.94. The van der Waals surface area contributed by atoms with Gasteiger partial charge in [0.2, 0.25) is 5.91 Å². The number of hydrogen-bond acceptors (Lipinski definition) is 3. The van der Waals surface area contributed by atoms with Gasteiger partial charge in [-0.15, -0.1) is 0 Å². The lowest BCUT2D eigenvalue weighted by molar-refractivity contribution is -0.118. The Hall–Kier alpha value is -1.62. The van der Waals surface area contributed by atoms with Crippen LogP contribution in [-0.4, -0.2) is 26.1 Å². The van der Waals surface area contributed by atoms with Crippen molar-refractivity contribution in [3.63, 3.8) is 0 Å². The standard InChI is InChI=1S/C16H21NO3S/c1-3-4-5-16(18)17(14-8-6-13(2)7-9-14)15-10-11-21(19,20)12-15/h6-11,15H,3-5,12H2,1-2H3/t15-/m0/s1. The largest absolute Gasteiger partial charge is 0.304 e. The van der Waals surface area contributed by atoms with E-state index in [2.05, 4.69) is 0 Å². The minimum absolute atomic E-state index is 0.0209. The summed E-state index contributed by atoms with van der Waals surface area (Å²) in [7, 11) is -3.19. The van der Waals surface area contributed by atoms with E-state index in [4.69, 9.17) is 0 Å². The van der Waals surface area contributed by atoms with E-state index in [1.54, 1.807) is 11.0 Å². The highest BCUT2D eigenvalue weighted by atomic mass is 32.2. The lowest BCUT2D eigenvalue weighted by Gasteiger charge is -2.28. The van der Waals surface area contributed by atoms with Gasteiger partial charge in [-0.1, -0.05) is 31.0 Å². The van der Waals surface area contributed by atoms with Crippen LogP contribution in [0.2, 0.25) is 0 Å². The number of nitrogens with zero attached hydrogens (tertiary/aromatic N) is 1. The van der Waals surface area contributed by atoms with Crippen LogP contribution in [-0.2, 0) is 14.6 Å². The van der Waals surface area contributed by atoms with Crippen molar-refractivity contribution in [1.82, 2.24) is 0 Å². The first-order valence-corrected chi connectivity index (χ1v) is 8.94. The molecule has 114 valence electrons. The molecule has 1 aliphatic rings. The summed E-state index contributed by atoms with van der Waals surface area (Å²) in [6.07, 6.45) is 3.80. The Morgan fingerprint density at radius 2 is 1.95 bits per heavy atom. The van der Waals surface area contributed by atoms with E-state index < -0.39 is 15.9 Å². The predicted molar refractivity (Wildman–Crippen MR) is 84.9 cm³/mol. The molecule has 0 saturated heterocycles. The summed E-state index contributed by atoms with van der Waals surface area (Å²) in [6, 6.07) is 7.21. The highest BCUT2D eigenvalue weighted by molar-refractivity contribution is 7.94. The van der Waals surface area contributed by atoms with E-state index in [-0.39, 0.29) is 11.7 Å². The van der Waals surface area contributed by atoms with E-state index in [1.165, 1.54) is 5.41 Å². The average Bonchev–Trinajstić information content (AvgIpc) is 2.79. The number of hydrogen-bond donors (Lipinski definition) is 0. The first kappa shape index (κ1) is 15.8. The number of benzene rings is 1. The van der Waals surface area contributed by atoms with Gasteiger partial charge >= 0.3 is 0 Å². The molecule has 1 heterocycles. The molecular formula is C16H21NO3S. The molecule has 0 bridgehead atoms. The Bertz CT molecular complexity index is 632. The molecule has 2 rings (SSSR count). The molecule has 0 spiro atoms. The Labute approximate surface area is 126 Å². The van der Waals surface area contributed by atoms with Crippen molar-refractivity contribution in [2.24, 2.45) is 0 Å². The van der Waals surface area contributed by atoms with Crippen molar-refractivity contribution < 1.29 is 13.2 Å². The molecule has 0 radical (unpaired) electrons. The molecule has 21 heavy (non-hydrogen) atoms. The third-order valence-electron chi connectivity index (χ3n) is 3.57. The Morgan fingerprint density at radius 1 is 1.29 bits per heavy atom. The lowest BCUT2D eigenvalue weighted by atomic mass is 10.1. The maximum Gasteiger partial charge on any atom is 0.227 e. The van der Waals surface area contributed by atoms with Crippen LogP contribution in [0.4, 0.5) is 5.69 Å². The number of aryl methyl sites for hydroxylation is 1. The number of sulfone groups is 1. The van der Waals surface area contributed by atoms with Crippen LogP contribution < -0.4 is 4.90 Å². The molecule has 0 fully saturated rings. The van der Waals surface area contributed by atoms with Gasteiger partial charge in [-0.25, -0.2) is 8.42 Å². The van der Waals surface area contributed by atoms with Gasteiger partial charge < -0.3 is 4.90 Å². The molecule has 4 nitrogen and oxygen atoms in total. The monoisotopic (exact) mass is 307 g/mol. The van der Waals surface area contributed by atoms with Gasteiger partial charge in [0.15, 0.2) is 9.84 Å². The van der Waals surface area contributed by atoms with Crippen LogP contribution in [0, 0.1) is 6.92 Å². The summed E-state index contributed by atoms with van der Waals surface area (Å²) >= 11 is 0. The number of rotatable bonds is 5. The van der Waals surface area contributed by atoms with E-state index in [0.29, 0.717) is 6.42 Å². The van der Waals surface area contributed by atoms with E-state index >= 15 is 0 Å². The van der Waals surface area contributed by atoms with Gasteiger partial charge in [0, 0.05) is 17.5 Å². The van der Waals surface area contributed by atoms with Crippen molar-refractivity contribution >= 4 is 21.4 Å². The normalized spacial score (nSPS) is 19.6. The number of carbonyl (C=O) groups is 1. The van der Waals surface area contributed by atoms with Crippen molar-refractivity contribution in [3.8, 4) is 0 Å². The van der Waals surface area contributed by atoms with E-state index in [0.717, 1.165) is 24.1 Å². The number of unbranched alkanes of at least 4 members (excludes halogenated alkanes) is 1. The van der Waals surface area contributed by atoms with E-state index in [9.17, 15) is 13.2 Å². The van der Waals surface area contributed by atoms with Crippen LogP contribution in [0.5, 0.6) is 0 Å². The summed E-state index contributed by atoms with van der Waals surface area (Å²) in [5, 5.41) is 1.21. The molecule has 1 aromatic carbocycles. The molecular weight excluding hydrogens is 286 g/mol. The Morgan fingerprint density at radius 3 is 2.48 bits per heavy atom. The molecule has 0 aromatic heterocycles. The van der Waals surface area contributed by atoms with Crippen LogP contribution in [0.3, 0.4) is 0 Å². The number of amides is 1. The summed E-state index contributed by atoms with van der Waals surface area (Å²) in [5.41, 5.74) is 1.86. The molecule has 0 unspecified atom stereocenters. The summed E-state index contributed by atoms with van der Waals surface area (Å²) in [5.74, 6) is -0.0499. The first-order chi connectivity index (χ1) is 9.93. The number of anilines is 1. The molecule has 0 saturated carbocycles. The predicted octanol–water partition coefficient (Wildman–Crippen LogP) is 2.83. The van der Waals surface area contributed by atoms with E-state index in [1.807, 2.05) is 38.1 Å². The van der Waals surface area contributed by atoms with Gasteiger partial charge in [0.05, 0.1) is 11.8 Å². The maximum atomic E-state index is 12.5. The van der Waals surface area contributed by atoms with Gasteiger partial charge in [-0.3, -0.25) is 4.79 Å². The molecule has 1 amide bonds. The summed E-state index contributed by atoms with van der Waals surface area (Å²) < 4.78 is 23.3. The molecule has 5 heteroatoms. The van der Waals surface area contributed by atoms with Gasteiger partial charge in [0.25, 0.3) is 0 Å². The van der Waals surface area contributed by atoms with Crippen LogP contribution >= 0.6 is 0 Å². The minimum atomic E-state index is -3.19. The van der Waals surface area contributed by atoms with Crippen LogP contribution in [0.1, 0.15) is 31.7 Å². The zero-order valence-corrected chi connectivity index (χ0v) is 13.3. The quantitative estimate of drug-likeness (QED) is 0.840. The fourth-order valence-electron chi connectivity index (χ4n) is 2.39. The summed E-state index contributed by atoms with van der Waals surface area (Å²) in [4.78, 5) is 14.1. The summed E-state index contributed by atoms with van der Waals surface area (Å²) in [6.45, 7) is 4.01. The van der Waals surface area contributed by atoms with Gasteiger partial charge in [-0.2, -0.15) is 0 Å². The van der Waals surface area contributed by atoms with Crippen LogP contribution in [0.15, 0.2) is 35.7 Å². The topological polar surface area (TPSA) is 54.5 Å². The second-order valence-electron chi connectivity index (χ2n) is 5.43. The zero-order valence-electron chi connectivity index (χ0n) is 12.5. The number of carbonyl (C=O) groups excluding carboxylic acids is 1. The third-order valence-corrected chi connectivity index (χ3v) is 4.95. The fourth-order valence-corrected chi connectivity index (χ4v) is 3.66. The maximum absolute atomic E-state index is 12.5.